The fourth-order valence-corrected chi connectivity index (χ4v) is 3.13. The van der Waals surface area contributed by atoms with Gasteiger partial charge in [-0.15, -0.1) is 0 Å². The Hall–Kier alpha value is -4.08. The average Bonchev–Trinajstić information content (AvgIpc) is 3.14. The standard InChI is InChI=1S/C22H25N5O5/c1-13-8-14(2)27(26-13)19-7-6-16(11-23-19)25-20(28)12-24-22(29)15-9-17(30-3)21(32-5)18(10-15)31-4/h6-11H,12H2,1-5H3,(H,24,29)(H,25,28). The first kappa shape index (κ1) is 22.6. The summed E-state index contributed by atoms with van der Waals surface area (Å²) in [6.45, 7) is 3.62. The summed E-state index contributed by atoms with van der Waals surface area (Å²) in [5.41, 5.74) is 2.62. The number of methoxy groups -OCH3 is 3. The molecule has 3 rings (SSSR count). The number of nitrogens with one attached hydrogen (secondary N) is 2. The van der Waals surface area contributed by atoms with Crippen LogP contribution in [0.3, 0.4) is 0 Å². The molecule has 0 spiro atoms. The number of hydrogen-bond donors (Lipinski definition) is 2. The lowest BCUT2D eigenvalue weighted by Crippen LogP contribution is -2.32. The minimum absolute atomic E-state index is 0.227. The molecule has 0 saturated carbocycles. The van der Waals surface area contributed by atoms with Crippen molar-refractivity contribution in [2.75, 3.05) is 33.2 Å². The van der Waals surface area contributed by atoms with Gasteiger partial charge in [0.1, 0.15) is 0 Å². The minimum Gasteiger partial charge on any atom is -0.493 e. The van der Waals surface area contributed by atoms with Gasteiger partial charge in [0, 0.05) is 11.3 Å². The summed E-state index contributed by atoms with van der Waals surface area (Å²) < 4.78 is 17.5. The second kappa shape index (κ2) is 9.82. The molecule has 2 amide bonds. The minimum atomic E-state index is -0.461. The van der Waals surface area contributed by atoms with Gasteiger partial charge in [0.2, 0.25) is 11.7 Å². The third-order valence-corrected chi connectivity index (χ3v) is 4.59. The first-order valence-electron chi connectivity index (χ1n) is 9.74. The number of benzene rings is 1. The molecule has 32 heavy (non-hydrogen) atoms. The predicted octanol–water partition coefficient (Wildman–Crippen LogP) is 2.28. The van der Waals surface area contributed by atoms with Crippen LogP contribution in [0.25, 0.3) is 5.82 Å². The molecule has 1 aromatic carbocycles. The van der Waals surface area contributed by atoms with Crippen molar-refractivity contribution < 1.29 is 23.8 Å². The van der Waals surface area contributed by atoms with E-state index in [1.807, 2.05) is 19.9 Å². The number of aryl methyl sites for hydroxylation is 2. The zero-order chi connectivity index (χ0) is 23.3. The topological polar surface area (TPSA) is 117 Å². The van der Waals surface area contributed by atoms with E-state index in [0.717, 1.165) is 11.4 Å². The third-order valence-electron chi connectivity index (χ3n) is 4.59. The van der Waals surface area contributed by atoms with Crippen molar-refractivity contribution in [2.24, 2.45) is 0 Å². The van der Waals surface area contributed by atoms with Gasteiger partial charge in [0.25, 0.3) is 5.91 Å². The van der Waals surface area contributed by atoms with E-state index < -0.39 is 11.8 Å². The van der Waals surface area contributed by atoms with Crippen molar-refractivity contribution in [1.29, 1.82) is 0 Å². The first-order valence-corrected chi connectivity index (χ1v) is 9.74. The van der Waals surface area contributed by atoms with Crippen molar-refractivity contribution in [1.82, 2.24) is 20.1 Å². The normalized spacial score (nSPS) is 10.4. The third kappa shape index (κ3) is 4.97. The van der Waals surface area contributed by atoms with E-state index in [1.54, 1.807) is 16.8 Å². The van der Waals surface area contributed by atoms with E-state index in [-0.39, 0.29) is 12.1 Å². The van der Waals surface area contributed by atoms with Gasteiger partial charge < -0.3 is 24.8 Å². The molecule has 0 aliphatic carbocycles. The van der Waals surface area contributed by atoms with Gasteiger partial charge in [-0.3, -0.25) is 9.59 Å². The molecule has 0 fully saturated rings. The Kier molecular flexibility index (Phi) is 6.93. The summed E-state index contributed by atoms with van der Waals surface area (Å²) >= 11 is 0. The molecule has 0 radical (unpaired) electrons. The summed E-state index contributed by atoms with van der Waals surface area (Å²) in [6, 6.07) is 8.45. The molecule has 0 aliphatic rings. The van der Waals surface area contributed by atoms with Crippen molar-refractivity contribution in [2.45, 2.75) is 13.8 Å². The van der Waals surface area contributed by atoms with E-state index in [4.69, 9.17) is 14.2 Å². The number of carbonyl (C=O) groups is 2. The molecule has 10 heteroatoms. The lowest BCUT2D eigenvalue weighted by Gasteiger charge is -2.14. The van der Waals surface area contributed by atoms with Gasteiger partial charge in [-0.05, 0) is 44.2 Å². The van der Waals surface area contributed by atoms with Gasteiger partial charge >= 0.3 is 0 Å². The van der Waals surface area contributed by atoms with Crippen LogP contribution in [-0.4, -0.2) is 54.5 Å². The van der Waals surface area contributed by atoms with Gasteiger partial charge in [0.15, 0.2) is 17.3 Å². The number of carbonyl (C=O) groups excluding carboxylic acids is 2. The molecule has 2 aromatic heterocycles. The highest BCUT2D eigenvalue weighted by atomic mass is 16.5. The SMILES string of the molecule is COc1cc(C(=O)NCC(=O)Nc2ccc(-n3nc(C)cc3C)nc2)cc(OC)c1OC. The average molecular weight is 439 g/mol. The molecule has 0 saturated heterocycles. The molecule has 0 aliphatic heterocycles. The van der Waals surface area contributed by atoms with E-state index >= 15 is 0 Å². The summed E-state index contributed by atoms with van der Waals surface area (Å²) in [7, 11) is 4.39. The maximum absolute atomic E-state index is 12.5. The number of ether oxygens (including phenoxy) is 3. The van der Waals surface area contributed by atoms with Gasteiger partial charge in [0.05, 0.1) is 45.5 Å². The van der Waals surface area contributed by atoms with Crippen LogP contribution in [0.5, 0.6) is 17.2 Å². The number of aromatic nitrogens is 3. The van der Waals surface area contributed by atoms with Crippen LogP contribution in [0.2, 0.25) is 0 Å². The highest BCUT2D eigenvalue weighted by Gasteiger charge is 2.17. The smallest absolute Gasteiger partial charge is 0.251 e. The monoisotopic (exact) mass is 439 g/mol. The highest BCUT2D eigenvalue weighted by molar-refractivity contribution is 6.00. The Balaban J connectivity index is 1.61. The largest absolute Gasteiger partial charge is 0.493 e. The van der Waals surface area contributed by atoms with Crippen LogP contribution in [0, 0.1) is 13.8 Å². The Morgan fingerprint density at radius 1 is 1.00 bits per heavy atom. The maximum Gasteiger partial charge on any atom is 0.251 e. The Morgan fingerprint density at radius 3 is 2.19 bits per heavy atom. The summed E-state index contributed by atoms with van der Waals surface area (Å²) in [6.07, 6.45) is 1.53. The van der Waals surface area contributed by atoms with Crippen molar-refractivity contribution in [3.8, 4) is 23.1 Å². The molecule has 0 atom stereocenters. The Labute approximate surface area is 185 Å². The Morgan fingerprint density at radius 2 is 1.69 bits per heavy atom. The van der Waals surface area contributed by atoms with Gasteiger partial charge in [-0.2, -0.15) is 5.10 Å². The molecular formula is C22H25N5O5. The number of anilines is 1. The highest BCUT2D eigenvalue weighted by Crippen LogP contribution is 2.38. The molecule has 168 valence electrons. The van der Waals surface area contributed by atoms with E-state index in [2.05, 4.69) is 20.7 Å². The van der Waals surface area contributed by atoms with E-state index in [9.17, 15) is 9.59 Å². The quantitative estimate of drug-likeness (QED) is 0.553. The van der Waals surface area contributed by atoms with Crippen LogP contribution in [0.1, 0.15) is 21.7 Å². The summed E-state index contributed by atoms with van der Waals surface area (Å²) in [5, 5.41) is 9.64. The van der Waals surface area contributed by atoms with E-state index in [1.165, 1.54) is 39.7 Å². The fourth-order valence-electron chi connectivity index (χ4n) is 3.13. The van der Waals surface area contributed by atoms with Crippen LogP contribution in [-0.2, 0) is 4.79 Å². The van der Waals surface area contributed by atoms with Gasteiger partial charge in [-0.25, -0.2) is 9.67 Å². The second-order valence-electron chi connectivity index (χ2n) is 6.89. The molecule has 0 unspecified atom stereocenters. The summed E-state index contributed by atoms with van der Waals surface area (Å²) in [4.78, 5) is 29.1. The number of nitrogens with zero attached hydrogens (tertiary/aromatic N) is 3. The molecular weight excluding hydrogens is 414 g/mol. The number of pyridine rings is 1. The van der Waals surface area contributed by atoms with Crippen LogP contribution >= 0.6 is 0 Å². The molecule has 0 bridgehead atoms. The van der Waals surface area contributed by atoms with Crippen molar-refractivity contribution in [3.63, 3.8) is 0 Å². The molecule has 10 nitrogen and oxygen atoms in total. The predicted molar refractivity (Wildman–Crippen MR) is 118 cm³/mol. The van der Waals surface area contributed by atoms with E-state index in [0.29, 0.717) is 28.8 Å². The number of hydrogen-bond acceptors (Lipinski definition) is 7. The number of rotatable bonds is 8. The van der Waals surface area contributed by atoms with Crippen LogP contribution in [0.4, 0.5) is 5.69 Å². The van der Waals surface area contributed by atoms with Gasteiger partial charge in [-0.1, -0.05) is 0 Å². The zero-order valence-electron chi connectivity index (χ0n) is 18.6. The summed E-state index contributed by atoms with van der Waals surface area (Å²) in [5.74, 6) is 0.847. The zero-order valence-corrected chi connectivity index (χ0v) is 18.6. The molecule has 2 heterocycles. The molecule has 2 N–H and O–H groups in total. The first-order chi connectivity index (χ1) is 15.4. The van der Waals surface area contributed by atoms with Crippen molar-refractivity contribution >= 4 is 17.5 Å². The molecule has 3 aromatic rings. The maximum atomic E-state index is 12.5. The number of amides is 2. The van der Waals surface area contributed by atoms with Crippen molar-refractivity contribution in [3.05, 3.63) is 53.5 Å². The lowest BCUT2D eigenvalue weighted by atomic mass is 10.1. The van der Waals surface area contributed by atoms with Crippen LogP contribution in [0.15, 0.2) is 36.5 Å². The second-order valence-corrected chi connectivity index (χ2v) is 6.89. The fraction of sp³-hybridized carbons (Fsp3) is 0.273. The Bertz CT molecular complexity index is 1100. The lowest BCUT2D eigenvalue weighted by molar-refractivity contribution is -0.115. The van der Waals surface area contributed by atoms with Crippen LogP contribution < -0.4 is 24.8 Å².